The highest BCUT2D eigenvalue weighted by Gasteiger charge is 2.41. The van der Waals surface area contributed by atoms with Gasteiger partial charge >= 0.3 is 0 Å². The molecule has 3 aromatic rings. The van der Waals surface area contributed by atoms with Crippen molar-refractivity contribution in [3.63, 3.8) is 0 Å². The Hall–Kier alpha value is -2.61. The molecule has 29 heavy (non-hydrogen) atoms. The lowest BCUT2D eigenvalue weighted by Crippen LogP contribution is -2.29. The van der Waals surface area contributed by atoms with Crippen molar-refractivity contribution in [2.45, 2.75) is 32.7 Å². The van der Waals surface area contributed by atoms with E-state index in [0.717, 1.165) is 54.2 Å². The molecule has 0 radical (unpaired) electrons. The molecule has 0 aromatic carbocycles. The van der Waals surface area contributed by atoms with Gasteiger partial charge in [-0.05, 0) is 31.6 Å². The van der Waals surface area contributed by atoms with Crippen LogP contribution in [0.2, 0.25) is 5.02 Å². The lowest BCUT2D eigenvalue weighted by atomic mass is 10.0. The van der Waals surface area contributed by atoms with Crippen molar-refractivity contribution < 1.29 is 4.79 Å². The number of nitrogens with zero attached hydrogens (tertiary/aromatic N) is 5. The predicted molar refractivity (Wildman–Crippen MR) is 112 cm³/mol. The third kappa shape index (κ3) is 3.15. The minimum absolute atomic E-state index is 0.179. The maximum atomic E-state index is 11.7. The molecule has 4 heterocycles. The zero-order chi connectivity index (χ0) is 20.3. The number of aromatic amines is 1. The van der Waals surface area contributed by atoms with Gasteiger partial charge in [0.1, 0.15) is 11.3 Å². The predicted octanol–water partition coefficient (Wildman–Crippen LogP) is 2.99. The highest BCUT2D eigenvalue weighted by Crippen LogP contribution is 2.41. The fourth-order valence-corrected chi connectivity index (χ4v) is 5.11. The largest absolute Gasteiger partial charge is 0.379 e. The van der Waals surface area contributed by atoms with Crippen molar-refractivity contribution >= 4 is 34.4 Å². The summed E-state index contributed by atoms with van der Waals surface area (Å²) in [5.41, 5.74) is 4.16. The summed E-state index contributed by atoms with van der Waals surface area (Å²) < 4.78 is 1.78. The molecule has 1 saturated carbocycles. The molecule has 2 unspecified atom stereocenters. The molecule has 1 saturated heterocycles. The first-order chi connectivity index (χ1) is 13.9. The van der Waals surface area contributed by atoms with E-state index in [1.165, 1.54) is 0 Å². The second kappa shape index (κ2) is 6.73. The summed E-state index contributed by atoms with van der Waals surface area (Å²) in [5.74, 6) is 2.04. The zero-order valence-electron chi connectivity index (χ0n) is 16.7. The molecule has 1 aliphatic heterocycles. The standard InChI is InChI=1S/C20H24ClN7O/c1-10-15(9-27(3)26-10)19-24-18-17(16(21)6-22-20(18)25-19)23-14-4-12-7-28(11(2)29)8-13(12)5-14/h6,9,12-14H,4-5,7-8H2,1-3H3,(H2,22,23,24,25). The minimum atomic E-state index is 0.179. The molecule has 0 spiro atoms. The summed E-state index contributed by atoms with van der Waals surface area (Å²) >= 11 is 6.52. The first kappa shape index (κ1) is 18.4. The highest BCUT2D eigenvalue weighted by molar-refractivity contribution is 6.34. The summed E-state index contributed by atoms with van der Waals surface area (Å²) in [5, 5.41) is 8.62. The Balaban J connectivity index is 1.41. The van der Waals surface area contributed by atoms with E-state index in [4.69, 9.17) is 11.6 Å². The van der Waals surface area contributed by atoms with Crippen LogP contribution in [0, 0.1) is 18.8 Å². The van der Waals surface area contributed by atoms with Crippen molar-refractivity contribution in [3.8, 4) is 11.4 Å². The molecule has 2 aliphatic rings. The zero-order valence-corrected chi connectivity index (χ0v) is 17.5. The van der Waals surface area contributed by atoms with Crippen molar-refractivity contribution in [1.29, 1.82) is 0 Å². The van der Waals surface area contributed by atoms with Crippen LogP contribution in [-0.4, -0.2) is 54.7 Å². The molecule has 2 fully saturated rings. The van der Waals surface area contributed by atoms with Gasteiger partial charge in [0.2, 0.25) is 5.91 Å². The normalized spacial score (nSPS) is 23.7. The SMILES string of the molecule is CC(=O)N1CC2CC(Nc3c(Cl)cnc4nc(-c5cn(C)nc5C)[nH]c34)CC2C1. The number of halogens is 1. The number of likely N-dealkylation sites (tertiary alicyclic amines) is 1. The lowest BCUT2D eigenvalue weighted by Gasteiger charge is -2.20. The fourth-order valence-electron chi connectivity index (χ4n) is 4.91. The quantitative estimate of drug-likeness (QED) is 0.688. The third-order valence-electron chi connectivity index (χ3n) is 6.29. The fraction of sp³-hybridized carbons (Fsp3) is 0.500. The Kier molecular flexibility index (Phi) is 4.27. The summed E-state index contributed by atoms with van der Waals surface area (Å²) in [6.45, 7) is 5.35. The van der Waals surface area contributed by atoms with Crippen LogP contribution in [-0.2, 0) is 11.8 Å². The van der Waals surface area contributed by atoms with Crippen LogP contribution in [0.4, 0.5) is 5.69 Å². The van der Waals surface area contributed by atoms with Gasteiger partial charge in [-0.1, -0.05) is 11.6 Å². The molecule has 8 nitrogen and oxygen atoms in total. The van der Waals surface area contributed by atoms with Gasteiger partial charge in [0.05, 0.1) is 28.2 Å². The van der Waals surface area contributed by atoms with Crippen LogP contribution in [0.15, 0.2) is 12.4 Å². The molecule has 9 heteroatoms. The van der Waals surface area contributed by atoms with E-state index >= 15 is 0 Å². The average Bonchev–Trinajstić information content (AvgIpc) is 3.39. The number of rotatable bonds is 3. The molecule has 3 aromatic heterocycles. The number of anilines is 1. The van der Waals surface area contributed by atoms with Gasteiger partial charge in [-0.2, -0.15) is 5.10 Å². The maximum absolute atomic E-state index is 11.7. The lowest BCUT2D eigenvalue weighted by molar-refractivity contribution is -0.128. The summed E-state index contributed by atoms with van der Waals surface area (Å²) in [4.78, 5) is 26.1. The smallest absolute Gasteiger partial charge is 0.219 e. The number of carbonyl (C=O) groups is 1. The maximum Gasteiger partial charge on any atom is 0.219 e. The number of carbonyl (C=O) groups excluding carboxylic acids is 1. The van der Waals surface area contributed by atoms with E-state index in [1.807, 2.05) is 25.1 Å². The number of pyridine rings is 1. The number of H-pyrrole nitrogens is 1. The Bertz CT molecular complexity index is 1090. The van der Waals surface area contributed by atoms with Gasteiger partial charge in [0, 0.05) is 39.3 Å². The van der Waals surface area contributed by atoms with E-state index in [-0.39, 0.29) is 5.91 Å². The Morgan fingerprint density at radius 3 is 2.66 bits per heavy atom. The van der Waals surface area contributed by atoms with Crippen molar-refractivity contribution in [1.82, 2.24) is 29.6 Å². The molecule has 1 aliphatic carbocycles. The Morgan fingerprint density at radius 1 is 1.31 bits per heavy atom. The second-order valence-corrected chi connectivity index (χ2v) is 8.73. The number of nitrogens with one attached hydrogen (secondary N) is 2. The molecule has 2 atom stereocenters. The minimum Gasteiger partial charge on any atom is -0.379 e. The van der Waals surface area contributed by atoms with Gasteiger partial charge in [0.15, 0.2) is 5.65 Å². The van der Waals surface area contributed by atoms with Crippen LogP contribution in [0.25, 0.3) is 22.6 Å². The number of hydrogen-bond donors (Lipinski definition) is 2. The van der Waals surface area contributed by atoms with Crippen molar-refractivity contribution in [2.75, 3.05) is 18.4 Å². The Morgan fingerprint density at radius 2 is 2.03 bits per heavy atom. The van der Waals surface area contributed by atoms with Crippen LogP contribution in [0.3, 0.4) is 0 Å². The van der Waals surface area contributed by atoms with Crippen LogP contribution in [0.5, 0.6) is 0 Å². The first-order valence-electron chi connectivity index (χ1n) is 9.96. The molecule has 2 N–H and O–H groups in total. The van der Waals surface area contributed by atoms with Gasteiger partial charge in [-0.25, -0.2) is 9.97 Å². The molecular weight excluding hydrogens is 390 g/mol. The summed E-state index contributed by atoms with van der Waals surface area (Å²) in [7, 11) is 1.89. The molecule has 0 bridgehead atoms. The van der Waals surface area contributed by atoms with Crippen molar-refractivity contribution in [2.24, 2.45) is 18.9 Å². The number of aromatic nitrogens is 5. The van der Waals surface area contributed by atoms with Gasteiger partial charge in [-0.3, -0.25) is 9.48 Å². The van der Waals surface area contributed by atoms with E-state index in [2.05, 4.69) is 25.4 Å². The van der Waals surface area contributed by atoms with Gasteiger partial charge in [0.25, 0.3) is 0 Å². The van der Waals surface area contributed by atoms with E-state index in [9.17, 15) is 4.79 Å². The summed E-state index contributed by atoms with van der Waals surface area (Å²) in [6.07, 6.45) is 5.68. The van der Waals surface area contributed by atoms with E-state index in [0.29, 0.717) is 28.5 Å². The van der Waals surface area contributed by atoms with E-state index < -0.39 is 0 Å². The van der Waals surface area contributed by atoms with Crippen molar-refractivity contribution in [3.05, 3.63) is 23.1 Å². The third-order valence-corrected chi connectivity index (χ3v) is 6.57. The van der Waals surface area contributed by atoms with Gasteiger partial charge < -0.3 is 15.2 Å². The number of fused-ring (bicyclic) bond motifs is 2. The molecule has 1 amide bonds. The molecular formula is C20H24ClN7O. The number of amides is 1. The topological polar surface area (TPSA) is 91.7 Å². The van der Waals surface area contributed by atoms with Gasteiger partial charge in [-0.15, -0.1) is 0 Å². The monoisotopic (exact) mass is 413 g/mol. The Labute approximate surface area is 173 Å². The molecule has 5 rings (SSSR count). The average molecular weight is 414 g/mol. The van der Waals surface area contributed by atoms with Crippen LogP contribution in [0.1, 0.15) is 25.5 Å². The van der Waals surface area contributed by atoms with Crippen LogP contribution < -0.4 is 5.32 Å². The first-order valence-corrected chi connectivity index (χ1v) is 10.3. The second-order valence-electron chi connectivity index (χ2n) is 8.32. The number of hydrogen-bond acceptors (Lipinski definition) is 5. The van der Waals surface area contributed by atoms with Crippen LogP contribution >= 0.6 is 11.6 Å². The van der Waals surface area contributed by atoms with E-state index in [1.54, 1.807) is 17.8 Å². The highest BCUT2D eigenvalue weighted by atomic mass is 35.5. The molecule has 152 valence electrons. The number of aryl methyl sites for hydroxylation is 2. The summed E-state index contributed by atoms with van der Waals surface area (Å²) in [6, 6.07) is 0.328. The number of imidazole rings is 1.